The van der Waals surface area contributed by atoms with Crippen LogP contribution in [0.4, 0.5) is 4.39 Å². The molecule has 2 aromatic carbocycles. The van der Waals surface area contributed by atoms with E-state index >= 15 is 0 Å². The third-order valence-electron chi connectivity index (χ3n) is 4.78. The van der Waals surface area contributed by atoms with Crippen LogP contribution in [0.15, 0.2) is 47.0 Å². The third kappa shape index (κ3) is 3.88. The first-order valence-corrected chi connectivity index (χ1v) is 9.20. The summed E-state index contributed by atoms with van der Waals surface area (Å²) >= 11 is 0. The number of nitrogens with zero attached hydrogens (tertiary/aromatic N) is 2. The Labute approximate surface area is 161 Å². The molecule has 144 valence electrons. The van der Waals surface area contributed by atoms with E-state index in [-0.39, 0.29) is 24.4 Å². The molecule has 1 aliphatic rings. The summed E-state index contributed by atoms with van der Waals surface area (Å²) < 4.78 is 24.2. The number of aryl methyl sites for hydroxylation is 2. The van der Waals surface area contributed by atoms with Crippen LogP contribution < -0.4 is 10.1 Å². The lowest BCUT2D eigenvalue weighted by Crippen LogP contribution is -2.31. The summed E-state index contributed by atoms with van der Waals surface area (Å²) in [6, 6.07) is 11.6. The van der Waals surface area contributed by atoms with Gasteiger partial charge in [-0.25, -0.2) is 4.39 Å². The molecule has 1 atom stereocenters. The summed E-state index contributed by atoms with van der Waals surface area (Å²) in [7, 11) is 0. The average molecular weight is 381 g/mol. The number of fused-ring (bicyclic) bond motifs is 1. The fourth-order valence-electron chi connectivity index (χ4n) is 3.49. The van der Waals surface area contributed by atoms with Crippen LogP contribution >= 0.6 is 0 Å². The summed E-state index contributed by atoms with van der Waals surface area (Å²) in [5.41, 5.74) is 2.35. The predicted molar refractivity (Wildman–Crippen MR) is 99.4 cm³/mol. The minimum Gasteiger partial charge on any atom is -0.485 e. The number of ether oxygens (including phenoxy) is 1. The molecule has 1 aliphatic carbocycles. The smallest absolute Gasteiger partial charge is 0.255 e. The van der Waals surface area contributed by atoms with Crippen molar-refractivity contribution in [2.45, 2.75) is 38.8 Å². The van der Waals surface area contributed by atoms with Crippen molar-refractivity contribution in [1.29, 1.82) is 0 Å². The van der Waals surface area contributed by atoms with Crippen LogP contribution in [0.5, 0.6) is 5.75 Å². The second-order valence-electron chi connectivity index (χ2n) is 6.78. The molecule has 1 N–H and O–H groups in total. The van der Waals surface area contributed by atoms with Gasteiger partial charge in [0.05, 0.1) is 11.6 Å². The summed E-state index contributed by atoms with van der Waals surface area (Å²) in [5.74, 6) is 0.828. The van der Waals surface area contributed by atoms with Gasteiger partial charge in [-0.1, -0.05) is 23.4 Å². The number of aromatic nitrogens is 2. The summed E-state index contributed by atoms with van der Waals surface area (Å²) in [6.07, 6.45) is 2.54. The zero-order chi connectivity index (χ0) is 19.5. The van der Waals surface area contributed by atoms with E-state index in [9.17, 15) is 9.18 Å². The van der Waals surface area contributed by atoms with E-state index in [1.54, 1.807) is 43.3 Å². The van der Waals surface area contributed by atoms with Gasteiger partial charge in [0.2, 0.25) is 11.7 Å². The lowest BCUT2D eigenvalue weighted by atomic mass is 9.87. The Bertz CT molecular complexity index is 1000. The van der Waals surface area contributed by atoms with Gasteiger partial charge in [-0.3, -0.25) is 4.79 Å². The number of halogens is 1. The molecule has 0 spiro atoms. The number of hydrogen-bond donors (Lipinski definition) is 1. The van der Waals surface area contributed by atoms with Crippen molar-refractivity contribution >= 4 is 5.91 Å². The number of hydrogen-bond acceptors (Lipinski definition) is 5. The van der Waals surface area contributed by atoms with Crippen molar-refractivity contribution in [1.82, 2.24) is 15.5 Å². The monoisotopic (exact) mass is 381 g/mol. The minimum absolute atomic E-state index is 0.104. The first-order chi connectivity index (χ1) is 13.6. The van der Waals surface area contributed by atoms with Crippen LogP contribution in [0.2, 0.25) is 0 Å². The topological polar surface area (TPSA) is 77.2 Å². The number of carbonyl (C=O) groups is 1. The Hall–Kier alpha value is -3.22. The number of carbonyl (C=O) groups excluding carboxylic acids is 1. The molecule has 28 heavy (non-hydrogen) atoms. The van der Waals surface area contributed by atoms with E-state index in [0.717, 1.165) is 30.4 Å². The lowest BCUT2D eigenvalue weighted by Gasteiger charge is -2.26. The van der Waals surface area contributed by atoms with Gasteiger partial charge < -0.3 is 14.6 Å². The number of amides is 1. The zero-order valence-corrected chi connectivity index (χ0v) is 15.4. The fourth-order valence-corrected chi connectivity index (χ4v) is 3.49. The molecule has 1 aromatic heterocycles. The summed E-state index contributed by atoms with van der Waals surface area (Å²) in [4.78, 5) is 17.0. The van der Waals surface area contributed by atoms with Gasteiger partial charge in [-0.05, 0) is 54.7 Å². The molecule has 0 saturated heterocycles. The van der Waals surface area contributed by atoms with E-state index in [1.807, 2.05) is 0 Å². The molecule has 1 amide bonds. The Morgan fingerprint density at radius 3 is 3.00 bits per heavy atom. The van der Waals surface area contributed by atoms with Crippen molar-refractivity contribution in [2.24, 2.45) is 0 Å². The fraction of sp³-hybridized carbons (Fsp3) is 0.286. The number of para-hydroxylation sites is 1. The second kappa shape index (κ2) is 7.80. The molecule has 7 heteroatoms. The molecule has 0 bridgehead atoms. The van der Waals surface area contributed by atoms with E-state index < -0.39 is 0 Å². The van der Waals surface area contributed by atoms with E-state index in [2.05, 4.69) is 15.5 Å². The SMILES string of the molecule is Cc1nc(COc2ccccc2C(=O)NC2CCCc3cc(F)ccc32)no1. The normalized spacial score (nSPS) is 15.7. The largest absolute Gasteiger partial charge is 0.485 e. The molecule has 0 radical (unpaired) electrons. The molecule has 3 aromatic rings. The first kappa shape index (κ1) is 18.2. The van der Waals surface area contributed by atoms with Crippen molar-refractivity contribution in [3.63, 3.8) is 0 Å². The van der Waals surface area contributed by atoms with Crippen molar-refractivity contribution in [2.75, 3.05) is 0 Å². The van der Waals surface area contributed by atoms with Gasteiger partial charge in [0.25, 0.3) is 5.91 Å². The van der Waals surface area contributed by atoms with Crippen LogP contribution in [0.25, 0.3) is 0 Å². The van der Waals surface area contributed by atoms with E-state index in [1.165, 1.54) is 6.07 Å². The molecule has 0 fully saturated rings. The molecule has 4 rings (SSSR count). The number of rotatable bonds is 5. The molecule has 1 heterocycles. The Morgan fingerprint density at radius 1 is 1.32 bits per heavy atom. The van der Waals surface area contributed by atoms with Crippen molar-refractivity contribution < 1.29 is 18.4 Å². The summed E-state index contributed by atoms with van der Waals surface area (Å²) in [6.45, 7) is 1.80. The molecule has 0 saturated carbocycles. The first-order valence-electron chi connectivity index (χ1n) is 9.20. The van der Waals surface area contributed by atoms with Crippen LogP contribution in [-0.2, 0) is 13.0 Å². The molecule has 6 nitrogen and oxygen atoms in total. The second-order valence-corrected chi connectivity index (χ2v) is 6.78. The van der Waals surface area contributed by atoms with Gasteiger partial charge in [0, 0.05) is 6.92 Å². The van der Waals surface area contributed by atoms with Gasteiger partial charge >= 0.3 is 0 Å². The molecular weight excluding hydrogens is 361 g/mol. The Balaban J connectivity index is 1.50. The molecular formula is C21H20FN3O3. The van der Waals surface area contributed by atoms with Crippen LogP contribution in [0, 0.1) is 12.7 Å². The minimum atomic E-state index is -0.249. The maximum Gasteiger partial charge on any atom is 0.255 e. The van der Waals surface area contributed by atoms with Crippen molar-refractivity contribution in [3.8, 4) is 5.75 Å². The van der Waals surface area contributed by atoms with E-state index in [4.69, 9.17) is 9.26 Å². The number of nitrogens with one attached hydrogen (secondary N) is 1. The maximum absolute atomic E-state index is 13.5. The maximum atomic E-state index is 13.5. The number of benzene rings is 2. The predicted octanol–water partition coefficient (Wildman–Crippen LogP) is 3.90. The molecule has 0 aliphatic heterocycles. The van der Waals surface area contributed by atoms with Gasteiger partial charge in [0.15, 0.2) is 6.61 Å². The Kier molecular flexibility index (Phi) is 5.06. The van der Waals surface area contributed by atoms with Crippen LogP contribution in [0.1, 0.15) is 52.1 Å². The van der Waals surface area contributed by atoms with Crippen LogP contribution in [-0.4, -0.2) is 16.0 Å². The highest BCUT2D eigenvalue weighted by atomic mass is 19.1. The van der Waals surface area contributed by atoms with Gasteiger partial charge in [0.1, 0.15) is 11.6 Å². The Morgan fingerprint density at radius 2 is 2.18 bits per heavy atom. The highest BCUT2D eigenvalue weighted by Crippen LogP contribution is 2.31. The standard InChI is InChI=1S/C21H20FN3O3/c1-13-23-20(25-28-13)12-27-19-8-3-2-6-17(19)21(26)24-18-7-4-5-14-11-15(22)9-10-16(14)18/h2-3,6,8-11,18H,4-5,7,12H2,1H3,(H,24,26). The van der Waals surface area contributed by atoms with Crippen molar-refractivity contribution in [3.05, 3.63) is 76.7 Å². The highest BCUT2D eigenvalue weighted by molar-refractivity contribution is 5.97. The quantitative estimate of drug-likeness (QED) is 0.725. The van der Waals surface area contributed by atoms with Crippen LogP contribution in [0.3, 0.4) is 0 Å². The van der Waals surface area contributed by atoms with Gasteiger partial charge in [-0.15, -0.1) is 0 Å². The lowest BCUT2D eigenvalue weighted by molar-refractivity contribution is 0.0928. The summed E-state index contributed by atoms with van der Waals surface area (Å²) in [5, 5.41) is 6.85. The molecule has 1 unspecified atom stereocenters. The highest BCUT2D eigenvalue weighted by Gasteiger charge is 2.24. The average Bonchev–Trinajstić information content (AvgIpc) is 3.11. The third-order valence-corrected chi connectivity index (χ3v) is 4.78. The van der Waals surface area contributed by atoms with E-state index in [0.29, 0.717) is 23.0 Å². The zero-order valence-electron chi connectivity index (χ0n) is 15.4. The van der Waals surface area contributed by atoms with Gasteiger partial charge in [-0.2, -0.15) is 4.98 Å².